The van der Waals surface area contributed by atoms with Gasteiger partial charge in [0, 0.05) is 5.75 Å². The number of carbonyl (C=O) groups excluding carboxylic acids is 1. The summed E-state index contributed by atoms with van der Waals surface area (Å²) < 4.78 is 5.34. The van der Waals surface area contributed by atoms with Crippen molar-refractivity contribution in [3.8, 4) is 5.75 Å². The van der Waals surface area contributed by atoms with Crippen LogP contribution in [0.5, 0.6) is 5.75 Å². The zero-order chi connectivity index (χ0) is 14.5. The zero-order valence-electron chi connectivity index (χ0n) is 11.2. The van der Waals surface area contributed by atoms with Crippen molar-refractivity contribution in [2.75, 3.05) is 18.2 Å². The Morgan fingerprint density at radius 3 is 2.70 bits per heavy atom. The molecule has 1 N–H and O–H groups in total. The van der Waals surface area contributed by atoms with Crippen LogP contribution in [0.3, 0.4) is 0 Å². The molecule has 0 aliphatic carbocycles. The molecule has 1 heterocycles. The van der Waals surface area contributed by atoms with Crippen LogP contribution < -0.4 is 4.74 Å². The zero-order valence-corrected chi connectivity index (χ0v) is 12.1. The number of rotatable bonds is 5. The van der Waals surface area contributed by atoms with Crippen LogP contribution in [-0.2, 0) is 16.0 Å². The summed E-state index contributed by atoms with van der Waals surface area (Å²) in [6.07, 6.45) is 0.219. The molecule has 0 radical (unpaired) electrons. The van der Waals surface area contributed by atoms with Crippen molar-refractivity contribution in [2.24, 2.45) is 0 Å². The second-order valence-corrected chi connectivity index (χ2v) is 5.47. The molecular weight excluding hydrogens is 278 g/mol. The molecule has 1 aliphatic rings. The van der Waals surface area contributed by atoms with Crippen molar-refractivity contribution in [1.29, 1.82) is 0 Å². The maximum atomic E-state index is 12.2. The van der Waals surface area contributed by atoms with Crippen molar-refractivity contribution in [1.82, 2.24) is 4.90 Å². The summed E-state index contributed by atoms with van der Waals surface area (Å²) in [5.74, 6) is 0.599. The Balaban J connectivity index is 1.98. The minimum atomic E-state index is -0.935. The predicted octanol–water partition coefficient (Wildman–Crippen LogP) is 1.61. The van der Waals surface area contributed by atoms with Gasteiger partial charge in [-0.3, -0.25) is 4.79 Å². The minimum absolute atomic E-state index is 0.147. The van der Waals surface area contributed by atoms with E-state index in [0.29, 0.717) is 18.2 Å². The molecule has 0 saturated carbocycles. The van der Waals surface area contributed by atoms with Crippen LogP contribution in [0.15, 0.2) is 24.3 Å². The van der Waals surface area contributed by atoms with E-state index in [1.807, 2.05) is 31.2 Å². The normalized spacial score (nSPS) is 18.1. The largest absolute Gasteiger partial charge is 0.494 e. The van der Waals surface area contributed by atoms with Crippen LogP contribution in [0, 0.1) is 0 Å². The molecule has 1 aromatic rings. The quantitative estimate of drug-likeness (QED) is 0.894. The van der Waals surface area contributed by atoms with Gasteiger partial charge < -0.3 is 14.7 Å². The number of carboxylic acid groups (broad SMARTS) is 1. The van der Waals surface area contributed by atoms with Crippen molar-refractivity contribution in [3.05, 3.63) is 29.8 Å². The topological polar surface area (TPSA) is 66.8 Å². The molecule has 2 rings (SSSR count). The first-order chi connectivity index (χ1) is 9.61. The Morgan fingerprint density at radius 1 is 1.40 bits per heavy atom. The van der Waals surface area contributed by atoms with Gasteiger partial charge in [-0.05, 0) is 24.6 Å². The van der Waals surface area contributed by atoms with Crippen LogP contribution in [0.4, 0.5) is 0 Å². The van der Waals surface area contributed by atoms with Gasteiger partial charge in [0.15, 0.2) is 0 Å². The number of hydrogen-bond donors (Lipinski definition) is 1. The summed E-state index contributed by atoms with van der Waals surface area (Å²) in [4.78, 5) is 24.7. The third-order valence-corrected chi connectivity index (χ3v) is 4.09. The number of thioether (sulfide) groups is 1. The molecule has 1 atom stereocenters. The molecule has 6 heteroatoms. The van der Waals surface area contributed by atoms with Crippen LogP contribution >= 0.6 is 11.8 Å². The summed E-state index contributed by atoms with van der Waals surface area (Å²) in [7, 11) is 0. The molecule has 5 nitrogen and oxygen atoms in total. The molecule has 0 spiro atoms. The lowest BCUT2D eigenvalue weighted by Gasteiger charge is -2.20. The lowest BCUT2D eigenvalue weighted by Crippen LogP contribution is -2.42. The second-order valence-electron chi connectivity index (χ2n) is 4.47. The van der Waals surface area contributed by atoms with E-state index in [4.69, 9.17) is 9.84 Å². The van der Waals surface area contributed by atoms with E-state index in [2.05, 4.69) is 0 Å². The number of ether oxygens (including phenoxy) is 1. The van der Waals surface area contributed by atoms with Crippen molar-refractivity contribution in [3.63, 3.8) is 0 Å². The van der Waals surface area contributed by atoms with Gasteiger partial charge in [-0.2, -0.15) is 0 Å². The van der Waals surface area contributed by atoms with Crippen LogP contribution in [0.1, 0.15) is 12.5 Å². The molecule has 1 unspecified atom stereocenters. The monoisotopic (exact) mass is 295 g/mol. The Morgan fingerprint density at radius 2 is 2.10 bits per heavy atom. The number of benzene rings is 1. The highest BCUT2D eigenvalue weighted by atomic mass is 32.2. The van der Waals surface area contributed by atoms with Crippen LogP contribution in [-0.4, -0.2) is 46.2 Å². The summed E-state index contributed by atoms with van der Waals surface area (Å²) >= 11 is 1.47. The van der Waals surface area contributed by atoms with Gasteiger partial charge in [0.2, 0.25) is 5.91 Å². The number of carbonyl (C=O) groups is 2. The fourth-order valence-corrected chi connectivity index (χ4v) is 3.21. The molecule has 1 saturated heterocycles. The Bertz CT molecular complexity index is 488. The van der Waals surface area contributed by atoms with E-state index in [1.165, 1.54) is 16.7 Å². The molecule has 0 aromatic heterocycles. The standard InChI is InChI=1S/C14H17NO4S/c1-2-19-11-5-3-10(4-6-11)7-13(16)15-9-20-8-12(15)14(17)18/h3-6,12H,2,7-9H2,1H3,(H,17,18). The molecule has 1 amide bonds. The first-order valence-corrected chi connectivity index (χ1v) is 7.59. The van der Waals surface area contributed by atoms with Gasteiger partial charge >= 0.3 is 5.97 Å². The molecule has 108 valence electrons. The van der Waals surface area contributed by atoms with Gasteiger partial charge in [-0.1, -0.05) is 12.1 Å². The maximum absolute atomic E-state index is 12.2. The number of aliphatic carboxylic acids is 1. The summed E-state index contributed by atoms with van der Waals surface area (Å²) in [6.45, 7) is 2.51. The number of amides is 1. The highest BCUT2D eigenvalue weighted by molar-refractivity contribution is 7.99. The Labute approximate surface area is 121 Å². The SMILES string of the molecule is CCOc1ccc(CC(=O)N2CSCC2C(=O)O)cc1. The third-order valence-electron chi connectivity index (χ3n) is 3.08. The minimum Gasteiger partial charge on any atom is -0.494 e. The van der Waals surface area contributed by atoms with Crippen molar-refractivity contribution < 1.29 is 19.4 Å². The molecule has 0 bridgehead atoms. The lowest BCUT2D eigenvalue weighted by molar-refractivity contribution is -0.147. The van der Waals surface area contributed by atoms with Gasteiger partial charge in [0.25, 0.3) is 0 Å². The van der Waals surface area contributed by atoms with Gasteiger partial charge in [-0.25, -0.2) is 4.79 Å². The summed E-state index contributed by atoms with van der Waals surface area (Å²) in [6, 6.07) is 6.61. The average molecular weight is 295 g/mol. The molecule has 1 aromatic carbocycles. The summed E-state index contributed by atoms with van der Waals surface area (Å²) in [5, 5.41) is 9.07. The van der Waals surface area contributed by atoms with Gasteiger partial charge in [0.1, 0.15) is 11.8 Å². The fraction of sp³-hybridized carbons (Fsp3) is 0.429. The van der Waals surface area contributed by atoms with E-state index in [-0.39, 0.29) is 12.3 Å². The van der Waals surface area contributed by atoms with Crippen LogP contribution in [0.25, 0.3) is 0 Å². The van der Waals surface area contributed by atoms with E-state index in [0.717, 1.165) is 11.3 Å². The first-order valence-electron chi connectivity index (χ1n) is 6.43. The number of nitrogens with zero attached hydrogens (tertiary/aromatic N) is 1. The van der Waals surface area contributed by atoms with Crippen molar-refractivity contribution in [2.45, 2.75) is 19.4 Å². The average Bonchev–Trinajstić information content (AvgIpc) is 2.91. The predicted molar refractivity (Wildman–Crippen MR) is 76.9 cm³/mol. The second kappa shape index (κ2) is 6.65. The van der Waals surface area contributed by atoms with E-state index in [1.54, 1.807) is 0 Å². The number of hydrogen-bond acceptors (Lipinski definition) is 4. The molecule has 20 heavy (non-hydrogen) atoms. The number of carboxylic acids is 1. The summed E-state index contributed by atoms with van der Waals surface area (Å²) in [5.41, 5.74) is 0.861. The highest BCUT2D eigenvalue weighted by Gasteiger charge is 2.34. The lowest BCUT2D eigenvalue weighted by atomic mass is 10.1. The van der Waals surface area contributed by atoms with E-state index in [9.17, 15) is 9.59 Å². The maximum Gasteiger partial charge on any atom is 0.327 e. The Hall–Kier alpha value is -1.69. The van der Waals surface area contributed by atoms with E-state index >= 15 is 0 Å². The van der Waals surface area contributed by atoms with Crippen molar-refractivity contribution >= 4 is 23.6 Å². The Kier molecular flexibility index (Phi) is 4.89. The molecule has 1 fully saturated rings. The van der Waals surface area contributed by atoms with Gasteiger partial charge in [-0.15, -0.1) is 11.8 Å². The third kappa shape index (κ3) is 3.45. The fourth-order valence-electron chi connectivity index (χ4n) is 2.04. The molecule has 1 aliphatic heterocycles. The first kappa shape index (κ1) is 14.7. The van der Waals surface area contributed by atoms with Gasteiger partial charge in [0.05, 0.1) is 18.9 Å². The highest BCUT2D eigenvalue weighted by Crippen LogP contribution is 2.22. The van der Waals surface area contributed by atoms with Crippen LogP contribution in [0.2, 0.25) is 0 Å². The molecular formula is C14H17NO4S. The smallest absolute Gasteiger partial charge is 0.327 e. The van der Waals surface area contributed by atoms with E-state index < -0.39 is 12.0 Å².